The lowest BCUT2D eigenvalue weighted by Crippen LogP contribution is -2.18. The molecule has 0 aliphatic heterocycles. The molecule has 0 amide bonds. The van der Waals surface area contributed by atoms with E-state index in [1.165, 1.54) is 18.4 Å². The van der Waals surface area contributed by atoms with Crippen molar-refractivity contribution in [3.63, 3.8) is 0 Å². The molecule has 2 atom stereocenters. The molecule has 0 saturated heterocycles. The SMILES string of the molecule is CCC(CCN(C)C)[C@@H](S)c1ccccc1. The van der Waals surface area contributed by atoms with Crippen molar-refractivity contribution in [2.45, 2.75) is 25.0 Å². The van der Waals surface area contributed by atoms with Crippen LogP contribution in [0.4, 0.5) is 0 Å². The minimum atomic E-state index is 0.367. The van der Waals surface area contributed by atoms with Gasteiger partial charge in [-0.3, -0.25) is 0 Å². The van der Waals surface area contributed by atoms with Gasteiger partial charge in [0.1, 0.15) is 0 Å². The van der Waals surface area contributed by atoms with Gasteiger partial charge in [-0.25, -0.2) is 0 Å². The van der Waals surface area contributed by atoms with Crippen LogP contribution in [0.2, 0.25) is 0 Å². The summed E-state index contributed by atoms with van der Waals surface area (Å²) in [5.74, 6) is 0.660. The van der Waals surface area contributed by atoms with Crippen molar-refractivity contribution in [3.05, 3.63) is 35.9 Å². The monoisotopic (exact) mass is 237 g/mol. The van der Waals surface area contributed by atoms with Crippen LogP contribution in [0.1, 0.15) is 30.6 Å². The van der Waals surface area contributed by atoms with E-state index in [1.54, 1.807) is 0 Å². The van der Waals surface area contributed by atoms with Crippen LogP contribution in [-0.2, 0) is 0 Å². The van der Waals surface area contributed by atoms with Crippen LogP contribution in [0.3, 0.4) is 0 Å². The molecule has 16 heavy (non-hydrogen) atoms. The fraction of sp³-hybridized carbons (Fsp3) is 0.571. The second kappa shape index (κ2) is 6.97. The zero-order chi connectivity index (χ0) is 12.0. The van der Waals surface area contributed by atoms with Gasteiger partial charge in [-0.2, -0.15) is 12.6 Å². The van der Waals surface area contributed by atoms with Gasteiger partial charge < -0.3 is 4.90 Å². The minimum absolute atomic E-state index is 0.367. The molecule has 1 rings (SSSR count). The van der Waals surface area contributed by atoms with Crippen molar-refractivity contribution >= 4 is 12.6 Å². The summed E-state index contributed by atoms with van der Waals surface area (Å²) < 4.78 is 0. The molecule has 1 aromatic rings. The number of hydrogen-bond acceptors (Lipinski definition) is 2. The van der Waals surface area contributed by atoms with Gasteiger partial charge in [0, 0.05) is 5.25 Å². The van der Waals surface area contributed by atoms with E-state index in [9.17, 15) is 0 Å². The summed E-state index contributed by atoms with van der Waals surface area (Å²) in [5.41, 5.74) is 1.34. The molecule has 0 radical (unpaired) electrons. The molecule has 0 aliphatic rings. The van der Waals surface area contributed by atoms with Gasteiger partial charge in [0.25, 0.3) is 0 Å². The number of rotatable bonds is 6. The Bertz CT molecular complexity index is 284. The molecule has 0 aliphatic carbocycles. The number of benzene rings is 1. The zero-order valence-corrected chi connectivity index (χ0v) is 11.5. The van der Waals surface area contributed by atoms with Gasteiger partial charge in [0.2, 0.25) is 0 Å². The zero-order valence-electron chi connectivity index (χ0n) is 10.6. The van der Waals surface area contributed by atoms with Crippen LogP contribution in [0.25, 0.3) is 0 Å². The molecule has 0 aromatic heterocycles. The first-order chi connectivity index (χ1) is 7.65. The van der Waals surface area contributed by atoms with Gasteiger partial charge in [0.05, 0.1) is 0 Å². The first kappa shape index (κ1) is 13.6. The second-order valence-electron chi connectivity index (χ2n) is 4.62. The third-order valence-electron chi connectivity index (χ3n) is 3.06. The van der Waals surface area contributed by atoms with Crippen LogP contribution in [0.15, 0.2) is 30.3 Å². The molecule has 0 N–H and O–H groups in total. The lowest BCUT2D eigenvalue weighted by molar-refractivity contribution is 0.341. The summed E-state index contributed by atoms with van der Waals surface area (Å²) in [5, 5.41) is 0.367. The Balaban J connectivity index is 2.59. The summed E-state index contributed by atoms with van der Waals surface area (Å²) in [4.78, 5) is 2.24. The van der Waals surface area contributed by atoms with E-state index in [4.69, 9.17) is 12.6 Å². The Morgan fingerprint density at radius 3 is 2.31 bits per heavy atom. The fourth-order valence-electron chi connectivity index (χ4n) is 1.93. The van der Waals surface area contributed by atoms with Gasteiger partial charge in [-0.1, -0.05) is 43.7 Å². The van der Waals surface area contributed by atoms with Gasteiger partial charge >= 0.3 is 0 Å². The third kappa shape index (κ3) is 4.18. The predicted molar refractivity (Wildman–Crippen MR) is 75.1 cm³/mol. The number of nitrogens with zero attached hydrogens (tertiary/aromatic N) is 1. The van der Waals surface area contributed by atoms with E-state index < -0.39 is 0 Å². The Kier molecular flexibility index (Phi) is 5.93. The average Bonchev–Trinajstić information content (AvgIpc) is 2.30. The van der Waals surface area contributed by atoms with E-state index in [1.807, 2.05) is 0 Å². The summed E-state index contributed by atoms with van der Waals surface area (Å²) in [6.07, 6.45) is 2.41. The third-order valence-corrected chi connectivity index (χ3v) is 3.78. The molecule has 0 saturated carbocycles. The van der Waals surface area contributed by atoms with E-state index in [-0.39, 0.29) is 0 Å². The number of hydrogen-bond donors (Lipinski definition) is 1. The lowest BCUT2D eigenvalue weighted by Gasteiger charge is -2.23. The van der Waals surface area contributed by atoms with Crippen molar-refractivity contribution in [3.8, 4) is 0 Å². The van der Waals surface area contributed by atoms with Crippen molar-refractivity contribution in [2.24, 2.45) is 5.92 Å². The maximum atomic E-state index is 4.78. The van der Waals surface area contributed by atoms with E-state index in [0.717, 1.165) is 6.54 Å². The van der Waals surface area contributed by atoms with Crippen molar-refractivity contribution in [1.82, 2.24) is 4.90 Å². The molecule has 0 heterocycles. The fourth-order valence-corrected chi connectivity index (χ4v) is 2.46. The molecule has 0 spiro atoms. The summed E-state index contributed by atoms with van der Waals surface area (Å²) in [6, 6.07) is 10.6. The van der Waals surface area contributed by atoms with Crippen LogP contribution in [0.5, 0.6) is 0 Å². The maximum Gasteiger partial charge on any atom is 0.0295 e. The highest BCUT2D eigenvalue weighted by atomic mass is 32.1. The predicted octanol–water partition coefficient (Wildman–Crippen LogP) is 3.64. The number of thiol groups is 1. The highest BCUT2D eigenvalue weighted by Gasteiger charge is 2.17. The molecule has 2 heteroatoms. The van der Waals surface area contributed by atoms with Crippen LogP contribution >= 0.6 is 12.6 Å². The van der Waals surface area contributed by atoms with Crippen LogP contribution < -0.4 is 0 Å². The normalized spacial score (nSPS) is 15.1. The van der Waals surface area contributed by atoms with Crippen LogP contribution in [-0.4, -0.2) is 25.5 Å². The molecule has 0 bridgehead atoms. The largest absolute Gasteiger partial charge is 0.309 e. The van der Waals surface area contributed by atoms with Crippen molar-refractivity contribution in [1.29, 1.82) is 0 Å². The highest BCUT2D eigenvalue weighted by Crippen LogP contribution is 2.32. The standard InChI is InChI=1S/C14H23NS/c1-4-12(10-11-15(2)3)14(16)13-8-6-5-7-9-13/h5-9,12,14,16H,4,10-11H2,1-3H3/t12?,14-/m1/s1. The molecule has 1 nitrogen and oxygen atoms in total. The smallest absolute Gasteiger partial charge is 0.0295 e. The summed E-state index contributed by atoms with van der Waals surface area (Å²) >= 11 is 4.78. The lowest BCUT2D eigenvalue weighted by atomic mass is 9.93. The maximum absolute atomic E-state index is 4.78. The molecule has 1 aromatic carbocycles. The van der Waals surface area contributed by atoms with Crippen LogP contribution in [0, 0.1) is 5.92 Å². The van der Waals surface area contributed by atoms with E-state index >= 15 is 0 Å². The molecular formula is C14H23NS. The van der Waals surface area contributed by atoms with Gasteiger partial charge in [-0.05, 0) is 38.5 Å². The first-order valence-electron chi connectivity index (χ1n) is 6.03. The second-order valence-corrected chi connectivity index (χ2v) is 5.17. The van der Waals surface area contributed by atoms with Crippen molar-refractivity contribution < 1.29 is 0 Å². The Hall–Kier alpha value is -0.470. The quantitative estimate of drug-likeness (QED) is 0.739. The van der Waals surface area contributed by atoms with Gasteiger partial charge in [0.15, 0.2) is 0 Å². The summed E-state index contributed by atoms with van der Waals surface area (Å²) in [7, 11) is 4.26. The first-order valence-corrected chi connectivity index (χ1v) is 6.54. The minimum Gasteiger partial charge on any atom is -0.309 e. The highest BCUT2D eigenvalue weighted by molar-refractivity contribution is 7.80. The average molecular weight is 237 g/mol. The topological polar surface area (TPSA) is 3.24 Å². The Morgan fingerprint density at radius 1 is 1.19 bits per heavy atom. The molecule has 90 valence electrons. The van der Waals surface area contributed by atoms with E-state index in [0.29, 0.717) is 11.2 Å². The molecular weight excluding hydrogens is 214 g/mol. The van der Waals surface area contributed by atoms with E-state index in [2.05, 4.69) is 56.3 Å². The van der Waals surface area contributed by atoms with Gasteiger partial charge in [-0.15, -0.1) is 0 Å². The Morgan fingerprint density at radius 2 is 1.81 bits per heavy atom. The molecule has 0 fully saturated rings. The molecule has 1 unspecified atom stereocenters. The Labute approximate surface area is 105 Å². The summed E-state index contributed by atoms with van der Waals surface area (Å²) in [6.45, 7) is 3.40. The van der Waals surface area contributed by atoms with Crippen molar-refractivity contribution in [2.75, 3.05) is 20.6 Å².